The third-order valence-corrected chi connectivity index (χ3v) is 3.01. The first-order valence-electron chi connectivity index (χ1n) is 6.93. The zero-order valence-corrected chi connectivity index (χ0v) is 12.4. The maximum Gasteiger partial charge on any atom is 0.253 e. The van der Waals surface area contributed by atoms with Crippen LogP contribution in [0.15, 0.2) is 18.2 Å². The van der Waals surface area contributed by atoms with Crippen molar-refractivity contribution in [3.63, 3.8) is 0 Å². The second kappa shape index (κ2) is 9.06. The zero-order chi connectivity index (χ0) is 17.4. The predicted octanol–water partition coefficient (Wildman–Crippen LogP) is -2.57. The minimum Gasteiger partial charge on any atom is -0.397 e. The fourth-order valence-electron chi connectivity index (χ4n) is 1.70. The van der Waals surface area contributed by atoms with E-state index in [0.717, 1.165) is 0 Å². The first kappa shape index (κ1) is 18.8. The summed E-state index contributed by atoms with van der Waals surface area (Å²) in [6.45, 7) is -1.31. The van der Waals surface area contributed by atoms with Gasteiger partial charge >= 0.3 is 0 Å². The molecule has 0 bridgehead atoms. The molecule has 0 aliphatic carbocycles. The van der Waals surface area contributed by atoms with E-state index in [-0.39, 0.29) is 29.9 Å². The molecule has 1 aromatic rings. The monoisotopic (exact) mass is 327 g/mol. The molecule has 1 rings (SSSR count). The SMILES string of the molecule is Nc1c(C(=O)NCC(O)CO)cccc1C(=O)NCC(O)CO. The molecule has 2 atom stereocenters. The van der Waals surface area contributed by atoms with Gasteiger partial charge in [-0.2, -0.15) is 0 Å². The summed E-state index contributed by atoms with van der Waals surface area (Å²) in [5.74, 6) is -1.19. The molecular weight excluding hydrogens is 306 g/mol. The van der Waals surface area contributed by atoms with Gasteiger partial charge in [0.15, 0.2) is 0 Å². The van der Waals surface area contributed by atoms with Gasteiger partial charge in [-0.3, -0.25) is 9.59 Å². The summed E-state index contributed by atoms with van der Waals surface area (Å²) in [5.41, 5.74) is 5.85. The van der Waals surface area contributed by atoms with Crippen LogP contribution in [-0.2, 0) is 0 Å². The zero-order valence-electron chi connectivity index (χ0n) is 12.4. The molecule has 128 valence electrons. The van der Waals surface area contributed by atoms with Crippen LogP contribution in [0.2, 0.25) is 0 Å². The van der Waals surface area contributed by atoms with Crippen molar-refractivity contribution in [1.29, 1.82) is 0 Å². The maximum atomic E-state index is 12.0. The van der Waals surface area contributed by atoms with Crippen molar-refractivity contribution in [3.05, 3.63) is 29.3 Å². The Balaban J connectivity index is 2.81. The number of benzene rings is 1. The quantitative estimate of drug-likeness (QED) is 0.258. The Morgan fingerprint density at radius 3 is 1.70 bits per heavy atom. The fraction of sp³-hybridized carbons (Fsp3) is 0.429. The molecule has 0 aromatic heterocycles. The summed E-state index contributed by atoms with van der Waals surface area (Å²) in [7, 11) is 0. The van der Waals surface area contributed by atoms with Crippen LogP contribution in [-0.4, -0.2) is 70.8 Å². The van der Waals surface area contributed by atoms with Crippen molar-refractivity contribution in [2.75, 3.05) is 32.0 Å². The molecule has 0 spiro atoms. The lowest BCUT2D eigenvalue weighted by molar-refractivity contribution is 0.0801. The van der Waals surface area contributed by atoms with Crippen molar-refractivity contribution in [2.45, 2.75) is 12.2 Å². The van der Waals surface area contributed by atoms with Crippen molar-refractivity contribution in [1.82, 2.24) is 10.6 Å². The number of amides is 2. The van der Waals surface area contributed by atoms with Gasteiger partial charge < -0.3 is 36.8 Å². The molecular formula is C14H21N3O6. The van der Waals surface area contributed by atoms with Gasteiger partial charge in [0.1, 0.15) is 0 Å². The highest BCUT2D eigenvalue weighted by molar-refractivity contribution is 6.07. The Hall–Kier alpha value is -2.20. The third kappa shape index (κ3) is 5.49. The Labute approximate surface area is 132 Å². The summed E-state index contributed by atoms with van der Waals surface area (Å²) in [5, 5.41) is 40.6. The minimum atomic E-state index is -1.09. The normalized spacial score (nSPS) is 13.2. The molecule has 0 fully saturated rings. The first-order valence-corrected chi connectivity index (χ1v) is 6.93. The summed E-state index contributed by atoms with van der Waals surface area (Å²) < 4.78 is 0. The molecule has 0 radical (unpaired) electrons. The predicted molar refractivity (Wildman–Crippen MR) is 81.7 cm³/mol. The summed E-state index contributed by atoms with van der Waals surface area (Å²) in [4.78, 5) is 24.0. The number of carbonyl (C=O) groups is 2. The molecule has 1 aromatic carbocycles. The molecule has 0 aliphatic heterocycles. The van der Waals surface area contributed by atoms with E-state index in [0.29, 0.717) is 0 Å². The lowest BCUT2D eigenvalue weighted by Crippen LogP contribution is -2.35. The number of para-hydroxylation sites is 1. The van der Waals surface area contributed by atoms with Crippen LogP contribution in [0.1, 0.15) is 20.7 Å². The topological polar surface area (TPSA) is 165 Å². The van der Waals surface area contributed by atoms with E-state index in [4.69, 9.17) is 15.9 Å². The van der Waals surface area contributed by atoms with Crippen LogP contribution in [0.3, 0.4) is 0 Å². The number of rotatable bonds is 8. The Morgan fingerprint density at radius 2 is 1.35 bits per heavy atom. The Bertz CT molecular complexity index is 507. The van der Waals surface area contributed by atoms with E-state index < -0.39 is 37.2 Å². The van der Waals surface area contributed by atoms with Crippen molar-refractivity contribution >= 4 is 17.5 Å². The van der Waals surface area contributed by atoms with Crippen LogP contribution >= 0.6 is 0 Å². The molecule has 0 saturated carbocycles. The van der Waals surface area contributed by atoms with Gasteiger partial charge in [0.05, 0.1) is 42.2 Å². The molecule has 0 heterocycles. The van der Waals surface area contributed by atoms with E-state index in [1.807, 2.05) is 0 Å². The Morgan fingerprint density at radius 1 is 0.957 bits per heavy atom. The average Bonchev–Trinajstić information content (AvgIpc) is 2.56. The number of nitrogens with one attached hydrogen (secondary N) is 2. The van der Waals surface area contributed by atoms with Crippen LogP contribution in [0.4, 0.5) is 5.69 Å². The van der Waals surface area contributed by atoms with Gasteiger partial charge in [-0.05, 0) is 12.1 Å². The number of hydrogen-bond donors (Lipinski definition) is 7. The molecule has 9 heteroatoms. The molecule has 0 saturated heterocycles. The molecule has 2 unspecified atom stereocenters. The molecule has 0 aliphatic rings. The number of hydrogen-bond acceptors (Lipinski definition) is 7. The second-order valence-electron chi connectivity index (χ2n) is 4.86. The van der Waals surface area contributed by atoms with Crippen LogP contribution in [0.25, 0.3) is 0 Å². The largest absolute Gasteiger partial charge is 0.397 e. The number of carbonyl (C=O) groups excluding carboxylic acids is 2. The van der Waals surface area contributed by atoms with Crippen LogP contribution in [0, 0.1) is 0 Å². The van der Waals surface area contributed by atoms with E-state index in [1.165, 1.54) is 18.2 Å². The molecule has 8 N–H and O–H groups in total. The van der Waals surface area contributed by atoms with Gasteiger partial charge in [0.25, 0.3) is 11.8 Å². The molecule has 9 nitrogen and oxygen atoms in total. The van der Waals surface area contributed by atoms with E-state index in [1.54, 1.807) is 0 Å². The highest BCUT2D eigenvalue weighted by atomic mass is 16.3. The number of anilines is 1. The third-order valence-electron chi connectivity index (χ3n) is 3.01. The van der Waals surface area contributed by atoms with E-state index in [9.17, 15) is 19.8 Å². The van der Waals surface area contributed by atoms with Crippen LogP contribution < -0.4 is 16.4 Å². The Kier molecular flexibility index (Phi) is 7.42. The summed E-state index contributed by atoms with van der Waals surface area (Å²) in [6, 6.07) is 4.29. The second-order valence-corrected chi connectivity index (χ2v) is 4.86. The standard InChI is InChI=1S/C14H21N3O6/c15-12-10(13(22)16-4-8(20)6-18)2-1-3-11(12)14(23)17-5-9(21)7-19/h1-3,8-9,18-21H,4-7,15H2,(H,16,22)(H,17,23). The van der Waals surface area contributed by atoms with Gasteiger partial charge in [-0.25, -0.2) is 0 Å². The van der Waals surface area contributed by atoms with Gasteiger partial charge in [0.2, 0.25) is 0 Å². The summed E-state index contributed by atoms with van der Waals surface area (Å²) in [6.07, 6.45) is -2.18. The molecule has 2 amide bonds. The summed E-state index contributed by atoms with van der Waals surface area (Å²) >= 11 is 0. The van der Waals surface area contributed by atoms with Crippen molar-refractivity contribution < 1.29 is 30.0 Å². The highest BCUT2D eigenvalue weighted by Crippen LogP contribution is 2.17. The van der Waals surface area contributed by atoms with E-state index in [2.05, 4.69) is 10.6 Å². The van der Waals surface area contributed by atoms with Gasteiger partial charge in [0, 0.05) is 13.1 Å². The lowest BCUT2D eigenvalue weighted by atomic mass is 10.1. The van der Waals surface area contributed by atoms with Crippen molar-refractivity contribution in [2.24, 2.45) is 0 Å². The number of nitrogens with two attached hydrogens (primary N) is 1. The van der Waals surface area contributed by atoms with Gasteiger partial charge in [-0.1, -0.05) is 6.07 Å². The van der Waals surface area contributed by atoms with Crippen LogP contribution in [0.5, 0.6) is 0 Å². The minimum absolute atomic E-state index is 0.0468. The van der Waals surface area contributed by atoms with Crippen molar-refractivity contribution in [3.8, 4) is 0 Å². The highest BCUT2D eigenvalue weighted by Gasteiger charge is 2.17. The number of aliphatic hydroxyl groups excluding tert-OH is 4. The van der Waals surface area contributed by atoms with Gasteiger partial charge in [-0.15, -0.1) is 0 Å². The molecule has 23 heavy (non-hydrogen) atoms. The van der Waals surface area contributed by atoms with E-state index >= 15 is 0 Å². The maximum absolute atomic E-state index is 12.0. The average molecular weight is 327 g/mol. The first-order chi connectivity index (χ1) is 10.9. The fourth-order valence-corrected chi connectivity index (χ4v) is 1.70. The number of aliphatic hydroxyl groups is 4. The lowest BCUT2D eigenvalue weighted by Gasteiger charge is -2.14. The number of nitrogen functional groups attached to an aromatic ring is 1. The smallest absolute Gasteiger partial charge is 0.253 e.